The Bertz CT molecular complexity index is 1200. The highest BCUT2D eigenvalue weighted by atomic mass is 14.7. The van der Waals surface area contributed by atoms with Crippen molar-refractivity contribution < 1.29 is 0 Å². The molecule has 0 saturated carbocycles. The smallest absolute Gasteiger partial charge is 0.0489 e. The fraction of sp³-hybridized carbons (Fsp3) is 0.192. The van der Waals surface area contributed by atoms with Crippen molar-refractivity contribution >= 4 is 21.8 Å². The number of aromatic nitrogens is 3. The molecular formula is C26H25N3. The number of H-pyrrole nitrogens is 2. The molecule has 0 atom stereocenters. The third-order valence-electron chi connectivity index (χ3n) is 6.09. The first-order chi connectivity index (χ1) is 14.3. The number of benzene rings is 2. The van der Waals surface area contributed by atoms with E-state index in [0.29, 0.717) is 0 Å². The first-order valence-corrected chi connectivity index (χ1v) is 10.4. The molecule has 5 aromatic rings. The zero-order chi connectivity index (χ0) is 19.8. The molecule has 29 heavy (non-hydrogen) atoms. The summed E-state index contributed by atoms with van der Waals surface area (Å²) in [4.78, 5) is 11.4. The van der Waals surface area contributed by atoms with Gasteiger partial charge in [-0.25, -0.2) is 0 Å². The van der Waals surface area contributed by atoms with Crippen molar-refractivity contribution in [2.24, 2.45) is 0 Å². The lowest BCUT2D eigenvalue weighted by atomic mass is 9.84. The number of fused-ring (bicyclic) bond motifs is 2. The third kappa shape index (κ3) is 2.85. The van der Waals surface area contributed by atoms with Crippen molar-refractivity contribution in [3.8, 4) is 0 Å². The summed E-state index contributed by atoms with van der Waals surface area (Å²) < 4.78 is 0. The molecule has 0 amide bonds. The Labute approximate surface area is 170 Å². The number of aryl methyl sites for hydroxylation is 2. The number of nitrogens with one attached hydrogen (secondary N) is 2. The predicted molar refractivity (Wildman–Crippen MR) is 121 cm³/mol. The largest absolute Gasteiger partial charge is 0.361 e. The van der Waals surface area contributed by atoms with Gasteiger partial charge in [0.25, 0.3) is 0 Å². The first-order valence-electron chi connectivity index (χ1n) is 10.4. The molecule has 0 fully saturated rings. The standard InChI is InChI=1S/C26H25N3/c1-3-17-7-5-9-20-22(15-28-25(17)20)24(19-11-13-27-14-12-19)23-16-29-26-18(4-2)8-6-10-21(23)26/h5-16,24,28-29H,3-4H2,1-2H3. The number of hydrogen-bond acceptors (Lipinski definition) is 1. The summed E-state index contributed by atoms with van der Waals surface area (Å²) in [5.74, 6) is 0.139. The molecule has 3 heterocycles. The average Bonchev–Trinajstić information content (AvgIpc) is 3.40. The van der Waals surface area contributed by atoms with Crippen LogP contribution in [0.1, 0.15) is 47.6 Å². The number of hydrogen-bond donors (Lipinski definition) is 2. The Balaban J connectivity index is 1.79. The summed E-state index contributed by atoms with van der Waals surface area (Å²) in [6.07, 6.45) is 10.2. The molecule has 0 bridgehead atoms. The second kappa shape index (κ2) is 7.25. The SMILES string of the molecule is CCc1cccc2c(C(c3ccncc3)c3c[nH]c4c(CC)cccc34)c[nH]c12. The van der Waals surface area contributed by atoms with E-state index in [9.17, 15) is 0 Å². The summed E-state index contributed by atoms with van der Waals surface area (Å²) in [6, 6.07) is 17.5. The summed E-state index contributed by atoms with van der Waals surface area (Å²) in [6.45, 7) is 4.42. The Morgan fingerprint density at radius 1 is 0.724 bits per heavy atom. The summed E-state index contributed by atoms with van der Waals surface area (Å²) in [5.41, 5.74) is 9.08. The lowest BCUT2D eigenvalue weighted by molar-refractivity contribution is 0.990. The van der Waals surface area contributed by atoms with Crippen LogP contribution in [0.15, 0.2) is 73.3 Å². The van der Waals surface area contributed by atoms with Crippen molar-refractivity contribution in [1.29, 1.82) is 0 Å². The van der Waals surface area contributed by atoms with E-state index >= 15 is 0 Å². The van der Waals surface area contributed by atoms with Gasteiger partial charge in [0.2, 0.25) is 0 Å². The lowest BCUT2D eigenvalue weighted by Gasteiger charge is -2.17. The van der Waals surface area contributed by atoms with Gasteiger partial charge in [-0.2, -0.15) is 0 Å². The highest BCUT2D eigenvalue weighted by Crippen LogP contribution is 2.40. The Kier molecular flexibility index (Phi) is 4.44. The van der Waals surface area contributed by atoms with Crippen LogP contribution in [0, 0.1) is 0 Å². The zero-order valence-electron chi connectivity index (χ0n) is 16.9. The third-order valence-corrected chi connectivity index (χ3v) is 6.09. The molecule has 0 saturated heterocycles. The number of rotatable bonds is 5. The van der Waals surface area contributed by atoms with Gasteiger partial charge in [0.15, 0.2) is 0 Å². The van der Waals surface area contributed by atoms with Crippen LogP contribution < -0.4 is 0 Å². The van der Waals surface area contributed by atoms with E-state index in [1.807, 2.05) is 12.4 Å². The molecule has 2 aromatic carbocycles. The lowest BCUT2D eigenvalue weighted by Crippen LogP contribution is -2.02. The second-order valence-corrected chi connectivity index (χ2v) is 7.59. The van der Waals surface area contributed by atoms with Gasteiger partial charge in [0.05, 0.1) is 0 Å². The molecule has 0 radical (unpaired) electrons. The minimum absolute atomic E-state index is 0.139. The molecule has 0 aliphatic heterocycles. The van der Waals surface area contributed by atoms with Crippen LogP contribution in [0.3, 0.4) is 0 Å². The molecule has 5 rings (SSSR count). The van der Waals surface area contributed by atoms with Crippen LogP contribution in [-0.4, -0.2) is 15.0 Å². The highest BCUT2D eigenvalue weighted by Gasteiger charge is 2.24. The summed E-state index contributed by atoms with van der Waals surface area (Å²) in [7, 11) is 0. The average molecular weight is 380 g/mol. The number of pyridine rings is 1. The molecule has 144 valence electrons. The predicted octanol–water partition coefficient (Wildman–Crippen LogP) is 6.35. The topological polar surface area (TPSA) is 44.5 Å². The van der Waals surface area contributed by atoms with Gasteiger partial charge < -0.3 is 9.97 Å². The number of aromatic amines is 2. The van der Waals surface area contributed by atoms with Gasteiger partial charge in [-0.1, -0.05) is 50.2 Å². The van der Waals surface area contributed by atoms with Gasteiger partial charge in [-0.15, -0.1) is 0 Å². The molecule has 3 aromatic heterocycles. The molecule has 0 aliphatic carbocycles. The fourth-order valence-corrected chi connectivity index (χ4v) is 4.63. The van der Waals surface area contributed by atoms with E-state index in [-0.39, 0.29) is 5.92 Å². The minimum Gasteiger partial charge on any atom is -0.361 e. The number of nitrogens with zero attached hydrogens (tertiary/aromatic N) is 1. The van der Waals surface area contributed by atoms with Gasteiger partial charge in [-0.3, -0.25) is 4.98 Å². The minimum atomic E-state index is 0.139. The molecular weight excluding hydrogens is 354 g/mol. The molecule has 0 spiro atoms. The second-order valence-electron chi connectivity index (χ2n) is 7.59. The normalized spacial score (nSPS) is 11.7. The zero-order valence-corrected chi connectivity index (χ0v) is 16.9. The van der Waals surface area contributed by atoms with Crippen LogP contribution in [0.25, 0.3) is 21.8 Å². The molecule has 0 unspecified atom stereocenters. The van der Waals surface area contributed by atoms with Crippen LogP contribution in [0.2, 0.25) is 0 Å². The fourth-order valence-electron chi connectivity index (χ4n) is 4.63. The Morgan fingerprint density at radius 3 is 1.72 bits per heavy atom. The number of para-hydroxylation sites is 2. The van der Waals surface area contributed by atoms with Crippen LogP contribution in [-0.2, 0) is 12.8 Å². The summed E-state index contributed by atoms with van der Waals surface area (Å²) in [5, 5.41) is 2.60. The van der Waals surface area contributed by atoms with E-state index in [1.165, 1.54) is 49.6 Å². The van der Waals surface area contributed by atoms with E-state index in [0.717, 1.165) is 12.8 Å². The molecule has 3 heteroatoms. The van der Waals surface area contributed by atoms with Crippen molar-refractivity contribution in [3.63, 3.8) is 0 Å². The molecule has 3 nitrogen and oxygen atoms in total. The van der Waals surface area contributed by atoms with Crippen molar-refractivity contribution in [3.05, 3.63) is 101 Å². The van der Waals surface area contributed by atoms with Crippen LogP contribution >= 0.6 is 0 Å². The Morgan fingerprint density at radius 2 is 1.24 bits per heavy atom. The van der Waals surface area contributed by atoms with Crippen molar-refractivity contribution in [2.45, 2.75) is 32.6 Å². The van der Waals surface area contributed by atoms with Crippen LogP contribution in [0.4, 0.5) is 0 Å². The first kappa shape index (κ1) is 17.7. The quantitative estimate of drug-likeness (QED) is 0.367. The maximum absolute atomic E-state index is 4.25. The molecule has 2 N–H and O–H groups in total. The monoisotopic (exact) mass is 379 g/mol. The maximum atomic E-state index is 4.25. The maximum Gasteiger partial charge on any atom is 0.0489 e. The van der Waals surface area contributed by atoms with Crippen molar-refractivity contribution in [1.82, 2.24) is 15.0 Å². The van der Waals surface area contributed by atoms with E-state index in [1.54, 1.807) is 0 Å². The highest BCUT2D eigenvalue weighted by molar-refractivity contribution is 5.91. The van der Waals surface area contributed by atoms with Gasteiger partial charge in [-0.05, 0) is 52.8 Å². The molecule has 0 aliphatic rings. The van der Waals surface area contributed by atoms with Gasteiger partial charge in [0.1, 0.15) is 0 Å². The van der Waals surface area contributed by atoms with Crippen LogP contribution in [0.5, 0.6) is 0 Å². The summed E-state index contributed by atoms with van der Waals surface area (Å²) >= 11 is 0. The van der Waals surface area contributed by atoms with Crippen molar-refractivity contribution in [2.75, 3.05) is 0 Å². The Hall–Kier alpha value is -3.33. The van der Waals surface area contributed by atoms with Gasteiger partial charge in [0, 0.05) is 52.5 Å². The van der Waals surface area contributed by atoms with E-state index in [2.05, 4.69) is 89.7 Å². The van der Waals surface area contributed by atoms with E-state index < -0.39 is 0 Å². The van der Waals surface area contributed by atoms with Gasteiger partial charge >= 0.3 is 0 Å². The van der Waals surface area contributed by atoms with E-state index in [4.69, 9.17) is 0 Å².